The number of carbonyl (C=O) groups is 2. The number of piperidine rings is 1. The molecule has 114 valence electrons. The number of hydrogen-bond donors (Lipinski definition) is 1. The molecule has 1 aromatic heterocycles. The summed E-state index contributed by atoms with van der Waals surface area (Å²) in [6.07, 6.45) is 1.57. The van der Waals surface area contributed by atoms with Gasteiger partial charge in [-0.2, -0.15) is 4.72 Å². The fourth-order valence-electron chi connectivity index (χ4n) is 1.87. The summed E-state index contributed by atoms with van der Waals surface area (Å²) < 4.78 is 27.3. The van der Waals surface area contributed by atoms with Crippen molar-refractivity contribution in [1.82, 2.24) is 14.6 Å². The summed E-state index contributed by atoms with van der Waals surface area (Å²) in [4.78, 5) is 27.7. The first kappa shape index (κ1) is 16.3. The smallest absolute Gasteiger partial charge is 0.247 e. The number of aromatic nitrogens is 1. The summed E-state index contributed by atoms with van der Waals surface area (Å²) >= 11 is 8.90. The second-order valence-corrected chi connectivity index (χ2v) is 7.40. The van der Waals surface area contributed by atoms with E-state index in [0.717, 1.165) is 4.90 Å². The molecule has 1 fully saturated rings. The Bertz CT molecular complexity index is 709. The van der Waals surface area contributed by atoms with Crippen LogP contribution in [0.15, 0.2) is 21.6 Å². The number of amides is 2. The SMILES string of the molecule is CN1C(=O)CCC(NS(=O)(=O)c2cc(Br)cnc2Cl)C1=O. The molecular formula is C11H11BrClN3O4S. The molecule has 1 unspecified atom stereocenters. The summed E-state index contributed by atoms with van der Waals surface area (Å²) in [5, 5.41) is -0.196. The lowest BCUT2D eigenvalue weighted by Crippen LogP contribution is -2.52. The van der Waals surface area contributed by atoms with Gasteiger partial charge in [0.05, 0.1) is 0 Å². The van der Waals surface area contributed by atoms with Gasteiger partial charge in [0.15, 0.2) is 0 Å². The Kier molecular flexibility index (Phi) is 4.66. The van der Waals surface area contributed by atoms with Crippen molar-refractivity contribution in [3.63, 3.8) is 0 Å². The van der Waals surface area contributed by atoms with E-state index in [1.165, 1.54) is 19.3 Å². The molecule has 1 atom stereocenters. The number of halogens is 2. The number of pyridine rings is 1. The van der Waals surface area contributed by atoms with E-state index >= 15 is 0 Å². The Morgan fingerprint density at radius 2 is 2.14 bits per heavy atom. The van der Waals surface area contributed by atoms with Crippen molar-refractivity contribution in [3.05, 3.63) is 21.9 Å². The van der Waals surface area contributed by atoms with Crippen LogP contribution in [0.25, 0.3) is 0 Å². The highest BCUT2D eigenvalue weighted by Crippen LogP contribution is 2.23. The first-order valence-corrected chi connectivity index (χ1v) is 8.51. The van der Waals surface area contributed by atoms with Crippen molar-refractivity contribution in [2.45, 2.75) is 23.8 Å². The molecule has 7 nitrogen and oxygen atoms in total. The van der Waals surface area contributed by atoms with E-state index in [0.29, 0.717) is 4.47 Å². The molecule has 0 spiro atoms. The molecule has 10 heteroatoms. The highest BCUT2D eigenvalue weighted by atomic mass is 79.9. The monoisotopic (exact) mass is 395 g/mol. The van der Waals surface area contributed by atoms with Crippen molar-refractivity contribution in [1.29, 1.82) is 0 Å². The predicted octanol–water partition coefficient (Wildman–Crippen LogP) is 0.923. The zero-order valence-electron chi connectivity index (χ0n) is 10.8. The first-order chi connectivity index (χ1) is 9.72. The molecule has 1 aliphatic heterocycles. The number of likely N-dealkylation sites (N-methyl/N-ethyl adjacent to an activating group) is 1. The van der Waals surface area contributed by atoms with Gasteiger partial charge in [0, 0.05) is 24.1 Å². The summed E-state index contributed by atoms with van der Waals surface area (Å²) in [6.45, 7) is 0. The molecule has 1 aromatic rings. The van der Waals surface area contributed by atoms with Gasteiger partial charge >= 0.3 is 0 Å². The maximum Gasteiger partial charge on any atom is 0.247 e. The molecule has 0 bridgehead atoms. The van der Waals surface area contributed by atoms with Gasteiger partial charge in [-0.3, -0.25) is 14.5 Å². The molecule has 0 aromatic carbocycles. The van der Waals surface area contributed by atoms with E-state index in [1.807, 2.05) is 0 Å². The zero-order valence-corrected chi connectivity index (χ0v) is 14.0. The maximum absolute atomic E-state index is 12.3. The van der Waals surface area contributed by atoms with Crippen molar-refractivity contribution >= 4 is 49.4 Å². The Hall–Kier alpha value is -1.03. The minimum atomic E-state index is -4.02. The highest BCUT2D eigenvalue weighted by Gasteiger charge is 2.35. The lowest BCUT2D eigenvalue weighted by molar-refractivity contribution is -0.147. The van der Waals surface area contributed by atoms with Crippen LogP contribution in [0.2, 0.25) is 5.15 Å². The second kappa shape index (κ2) is 5.99. The lowest BCUT2D eigenvalue weighted by Gasteiger charge is -2.28. The Morgan fingerprint density at radius 1 is 1.48 bits per heavy atom. The van der Waals surface area contributed by atoms with Crippen LogP contribution < -0.4 is 4.72 Å². The van der Waals surface area contributed by atoms with Crippen LogP contribution in [-0.2, 0) is 19.6 Å². The zero-order chi connectivity index (χ0) is 15.8. The number of carbonyl (C=O) groups excluding carboxylic acids is 2. The number of sulfonamides is 1. The van der Waals surface area contributed by atoms with Crippen molar-refractivity contribution < 1.29 is 18.0 Å². The Morgan fingerprint density at radius 3 is 2.81 bits per heavy atom. The molecule has 21 heavy (non-hydrogen) atoms. The first-order valence-electron chi connectivity index (χ1n) is 5.86. The van der Waals surface area contributed by atoms with Crippen LogP contribution in [0.5, 0.6) is 0 Å². The van der Waals surface area contributed by atoms with Crippen molar-refractivity contribution in [2.75, 3.05) is 7.05 Å². The highest BCUT2D eigenvalue weighted by molar-refractivity contribution is 9.10. The van der Waals surface area contributed by atoms with E-state index in [1.54, 1.807) is 0 Å². The van der Waals surface area contributed by atoms with E-state index < -0.39 is 22.0 Å². The molecule has 0 aliphatic carbocycles. The van der Waals surface area contributed by atoms with Gasteiger partial charge in [-0.05, 0) is 28.4 Å². The molecule has 1 N–H and O–H groups in total. The quantitative estimate of drug-likeness (QED) is 0.605. The molecule has 0 radical (unpaired) electrons. The van der Waals surface area contributed by atoms with Gasteiger partial charge in [0.1, 0.15) is 16.1 Å². The normalized spacial score (nSPS) is 20.0. The topological polar surface area (TPSA) is 96.4 Å². The van der Waals surface area contributed by atoms with Crippen LogP contribution in [0.4, 0.5) is 0 Å². The van der Waals surface area contributed by atoms with Crippen molar-refractivity contribution in [2.24, 2.45) is 0 Å². The Labute approximate surface area is 134 Å². The van der Waals surface area contributed by atoms with Gasteiger partial charge < -0.3 is 0 Å². The summed E-state index contributed by atoms with van der Waals surface area (Å²) in [6, 6.07) is 0.299. The van der Waals surface area contributed by atoms with Crippen LogP contribution in [0, 0.1) is 0 Å². The third-order valence-electron chi connectivity index (χ3n) is 3.01. The number of imide groups is 1. The van der Waals surface area contributed by atoms with Crippen LogP contribution in [-0.4, -0.2) is 43.2 Å². The van der Waals surface area contributed by atoms with Crippen LogP contribution in [0.3, 0.4) is 0 Å². The number of nitrogens with zero attached hydrogens (tertiary/aromatic N) is 2. The van der Waals surface area contributed by atoms with E-state index in [2.05, 4.69) is 25.6 Å². The van der Waals surface area contributed by atoms with Crippen LogP contribution >= 0.6 is 27.5 Å². The summed E-state index contributed by atoms with van der Waals surface area (Å²) in [5.74, 6) is -0.925. The lowest BCUT2D eigenvalue weighted by atomic mass is 10.1. The number of rotatable bonds is 3. The molecule has 2 heterocycles. The minimum Gasteiger partial charge on any atom is -0.284 e. The molecule has 1 aliphatic rings. The summed E-state index contributed by atoms with van der Waals surface area (Å²) in [7, 11) is -2.70. The third kappa shape index (κ3) is 3.42. The molecule has 1 saturated heterocycles. The molecule has 2 amide bonds. The summed E-state index contributed by atoms with van der Waals surface area (Å²) in [5.41, 5.74) is 0. The number of hydrogen-bond acceptors (Lipinski definition) is 5. The fraction of sp³-hybridized carbons (Fsp3) is 0.364. The average Bonchev–Trinajstić information content (AvgIpc) is 2.42. The van der Waals surface area contributed by atoms with Crippen molar-refractivity contribution in [3.8, 4) is 0 Å². The Balaban J connectivity index is 2.28. The van der Waals surface area contributed by atoms with Gasteiger partial charge in [0.25, 0.3) is 0 Å². The molecular weight excluding hydrogens is 386 g/mol. The second-order valence-electron chi connectivity index (χ2n) is 4.45. The average molecular weight is 397 g/mol. The van der Waals surface area contributed by atoms with E-state index in [4.69, 9.17) is 11.6 Å². The standard InChI is InChI=1S/C11H11BrClN3O4S/c1-16-9(17)3-2-7(11(16)18)15-21(19,20)8-4-6(12)5-14-10(8)13/h4-5,7,15H,2-3H2,1H3. The maximum atomic E-state index is 12.3. The van der Waals surface area contributed by atoms with Crippen LogP contribution in [0.1, 0.15) is 12.8 Å². The minimum absolute atomic E-state index is 0.0971. The predicted molar refractivity (Wildman–Crippen MR) is 78.1 cm³/mol. The van der Waals surface area contributed by atoms with Gasteiger partial charge in [0.2, 0.25) is 21.8 Å². The molecule has 0 saturated carbocycles. The number of nitrogens with one attached hydrogen (secondary N) is 1. The van der Waals surface area contributed by atoms with Gasteiger partial charge in [-0.1, -0.05) is 11.6 Å². The molecule has 2 rings (SSSR count). The fourth-order valence-corrected chi connectivity index (χ4v) is 4.04. The van der Waals surface area contributed by atoms with E-state index in [-0.39, 0.29) is 28.8 Å². The largest absolute Gasteiger partial charge is 0.284 e. The van der Waals surface area contributed by atoms with Gasteiger partial charge in [-0.15, -0.1) is 0 Å². The number of likely N-dealkylation sites (tertiary alicyclic amines) is 1. The third-order valence-corrected chi connectivity index (χ3v) is 5.34. The van der Waals surface area contributed by atoms with E-state index in [9.17, 15) is 18.0 Å². The van der Waals surface area contributed by atoms with Gasteiger partial charge in [-0.25, -0.2) is 13.4 Å².